The second-order valence-electron chi connectivity index (χ2n) is 11.1. The van der Waals surface area contributed by atoms with Gasteiger partial charge in [0, 0.05) is 34.5 Å². The van der Waals surface area contributed by atoms with Gasteiger partial charge in [-0.2, -0.15) is 0 Å². The van der Waals surface area contributed by atoms with E-state index in [1.165, 1.54) is 31.9 Å². The number of carbonyl (C=O) groups excluding carboxylic acids is 2. The minimum Gasteiger partial charge on any atom is -0.508 e. The van der Waals surface area contributed by atoms with Crippen LogP contribution in [0.3, 0.4) is 0 Å². The Bertz CT molecular complexity index is 1620. The van der Waals surface area contributed by atoms with Crippen LogP contribution in [0.25, 0.3) is 22.2 Å². The number of amides is 1. The van der Waals surface area contributed by atoms with Gasteiger partial charge >= 0.3 is 5.97 Å². The predicted molar refractivity (Wildman–Crippen MR) is 160 cm³/mol. The van der Waals surface area contributed by atoms with Crippen LogP contribution >= 0.6 is 0 Å². The largest absolute Gasteiger partial charge is 0.508 e. The Hall–Kier alpha value is -4.46. The van der Waals surface area contributed by atoms with E-state index in [4.69, 9.17) is 14.2 Å². The molecule has 1 aromatic heterocycles. The number of nitrogens with zero attached hydrogens (tertiary/aromatic N) is 1. The van der Waals surface area contributed by atoms with Crippen LogP contribution in [0.5, 0.6) is 17.2 Å². The molecule has 8 nitrogen and oxygen atoms in total. The zero-order chi connectivity index (χ0) is 29.2. The summed E-state index contributed by atoms with van der Waals surface area (Å²) in [6.45, 7) is 1.14. The molecule has 0 saturated heterocycles. The van der Waals surface area contributed by atoms with Gasteiger partial charge in [-0.05, 0) is 66.3 Å². The monoisotopic (exact) mass is 568 g/mol. The standard InChI is InChI=1S/C34H36N2O6/c1-40-25-13-15-27-30(20-25)42-17-16-36-29-19-23(10-14-26(29)31(32(27)36)22-6-4-3-5-7-22)33(38)35-28(34(39)41-2)18-21-8-11-24(37)12-9-21/h8-15,19-20,22,28,37H,3-7,16-18H2,1-2H3,(H,35,38)/t28-/m0/s1. The summed E-state index contributed by atoms with van der Waals surface area (Å²) in [7, 11) is 2.97. The summed E-state index contributed by atoms with van der Waals surface area (Å²) in [5.74, 6) is 1.25. The van der Waals surface area contributed by atoms with Gasteiger partial charge in [-0.15, -0.1) is 0 Å². The lowest BCUT2D eigenvalue weighted by Gasteiger charge is -2.23. The number of methoxy groups -OCH3 is 2. The molecule has 1 saturated carbocycles. The molecular weight excluding hydrogens is 532 g/mol. The van der Waals surface area contributed by atoms with Crippen molar-refractivity contribution >= 4 is 22.8 Å². The first-order valence-electron chi connectivity index (χ1n) is 14.6. The number of nitrogens with one attached hydrogen (secondary N) is 1. The van der Waals surface area contributed by atoms with Gasteiger partial charge in [0.1, 0.15) is 29.9 Å². The zero-order valence-electron chi connectivity index (χ0n) is 24.0. The Labute approximate surface area is 245 Å². The molecule has 8 heteroatoms. The molecule has 1 fully saturated rings. The lowest BCUT2D eigenvalue weighted by Crippen LogP contribution is -2.43. The number of esters is 1. The molecule has 1 aliphatic heterocycles. The van der Waals surface area contributed by atoms with Crippen LogP contribution < -0.4 is 14.8 Å². The summed E-state index contributed by atoms with van der Waals surface area (Å²) in [4.78, 5) is 26.2. The van der Waals surface area contributed by atoms with Crippen molar-refractivity contribution in [2.45, 2.75) is 57.0 Å². The molecule has 1 atom stereocenters. The molecule has 1 aliphatic carbocycles. The van der Waals surface area contributed by atoms with Gasteiger partial charge in [0.25, 0.3) is 5.91 Å². The quantitative estimate of drug-likeness (QED) is 0.266. The summed E-state index contributed by atoms with van der Waals surface area (Å²) in [6.07, 6.45) is 6.19. The topological polar surface area (TPSA) is 99.0 Å². The van der Waals surface area contributed by atoms with Gasteiger partial charge in [-0.25, -0.2) is 4.79 Å². The van der Waals surface area contributed by atoms with Crippen LogP contribution in [-0.4, -0.2) is 48.4 Å². The summed E-state index contributed by atoms with van der Waals surface area (Å²) < 4.78 is 19.0. The van der Waals surface area contributed by atoms with Crippen molar-refractivity contribution in [1.82, 2.24) is 9.88 Å². The number of ether oxygens (including phenoxy) is 3. The Morgan fingerprint density at radius 3 is 2.55 bits per heavy atom. The predicted octanol–water partition coefficient (Wildman–Crippen LogP) is 5.98. The van der Waals surface area contributed by atoms with E-state index in [9.17, 15) is 14.7 Å². The molecule has 2 heterocycles. The van der Waals surface area contributed by atoms with Crippen molar-refractivity contribution < 1.29 is 28.9 Å². The highest BCUT2D eigenvalue weighted by molar-refractivity contribution is 6.02. The Kier molecular flexibility index (Phi) is 7.78. The second kappa shape index (κ2) is 11.8. The van der Waals surface area contributed by atoms with Crippen LogP contribution in [0.15, 0.2) is 60.7 Å². The highest BCUT2D eigenvalue weighted by atomic mass is 16.5. The average molecular weight is 569 g/mol. The third-order valence-electron chi connectivity index (χ3n) is 8.56. The molecule has 0 bridgehead atoms. The van der Waals surface area contributed by atoms with E-state index in [-0.39, 0.29) is 18.1 Å². The van der Waals surface area contributed by atoms with Gasteiger partial charge in [0.15, 0.2) is 0 Å². The number of phenolic OH excluding ortho intramolecular Hbond substituents is 1. The van der Waals surface area contributed by atoms with Gasteiger partial charge in [0.2, 0.25) is 0 Å². The minimum atomic E-state index is -0.875. The minimum absolute atomic E-state index is 0.136. The smallest absolute Gasteiger partial charge is 0.328 e. The third-order valence-corrected chi connectivity index (χ3v) is 8.56. The van der Waals surface area contributed by atoms with Crippen molar-refractivity contribution in [3.63, 3.8) is 0 Å². The maximum absolute atomic E-state index is 13.6. The normalized spacial score (nSPS) is 15.6. The van der Waals surface area contributed by atoms with Crippen LogP contribution in [0, 0.1) is 0 Å². The SMILES string of the molecule is COC(=O)[C@H](Cc1ccc(O)cc1)NC(=O)c1ccc2c(C3CCCCC3)c3n(c2c1)CCOc1cc(OC)ccc1-3. The summed E-state index contributed by atoms with van der Waals surface area (Å²) in [5, 5.41) is 13.7. The number of aromatic hydroxyl groups is 1. The van der Waals surface area contributed by atoms with Crippen LogP contribution in [0.2, 0.25) is 0 Å². The van der Waals surface area contributed by atoms with E-state index in [0.717, 1.165) is 52.1 Å². The van der Waals surface area contributed by atoms with Gasteiger partial charge in [-0.1, -0.05) is 37.5 Å². The van der Waals surface area contributed by atoms with E-state index in [1.807, 2.05) is 24.3 Å². The first-order valence-corrected chi connectivity index (χ1v) is 14.6. The molecule has 6 rings (SSSR count). The molecule has 3 aromatic carbocycles. The molecule has 0 spiro atoms. The van der Waals surface area contributed by atoms with E-state index in [2.05, 4.69) is 22.0 Å². The van der Waals surface area contributed by atoms with Gasteiger partial charge in [-0.3, -0.25) is 4.79 Å². The molecule has 2 N–H and O–H groups in total. The van der Waals surface area contributed by atoms with Gasteiger partial charge < -0.3 is 29.2 Å². The number of fused-ring (bicyclic) bond motifs is 5. The van der Waals surface area contributed by atoms with Crippen LogP contribution in [0.1, 0.15) is 59.5 Å². The molecular formula is C34H36N2O6. The van der Waals surface area contributed by atoms with Crippen LogP contribution in [-0.2, 0) is 22.5 Å². The first-order chi connectivity index (χ1) is 20.5. The first kappa shape index (κ1) is 27.7. The number of aromatic nitrogens is 1. The number of hydrogen-bond donors (Lipinski definition) is 2. The Morgan fingerprint density at radius 2 is 1.81 bits per heavy atom. The lowest BCUT2D eigenvalue weighted by atomic mass is 9.81. The zero-order valence-corrected chi connectivity index (χ0v) is 24.0. The second-order valence-corrected chi connectivity index (χ2v) is 11.1. The number of carbonyl (C=O) groups is 2. The molecule has 0 radical (unpaired) electrons. The fourth-order valence-electron chi connectivity index (χ4n) is 6.48. The maximum Gasteiger partial charge on any atom is 0.328 e. The van der Waals surface area contributed by atoms with E-state index in [1.54, 1.807) is 31.4 Å². The highest BCUT2D eigenvalue weighted by Crippen LogP contribution is 2.47. The molecule has 1 amide bonds. The third kappa shape index (κ3) is 5.29. The summed E-state index contributed by atoms with van der Waals surface area (Å²) in [6, 6.07) is 17.5. The molecule has 4 aromatic rings. The number of hydrogen-bond acceptors (Lipinski definition) is 6. The fraction of sp³-hybridized carbons (Fsp3) is 0.353. The van der Waals surface area contributed by atoms with Crippen LogP contribution in [0.4, 0.5) is 0 Å². The van der Waals surface area contributed by atoms with Crippen molar-refractivity contribution in [1.29, 1.82) is 0 Å². The average Bonchev–Trinajstić information content (AvgIpc) is 3.22. The number of benzene rings is 3. The van der Waals surface area contributed by atoms with E-state index >= 15 is 0 Å². The Balaban J connectivity index is 1.40. The lowest BCUT2D eigenvalue weighted by molar-refractivity contribution is -0.142. The molecule has 2 aliphatic rings. The molecule has 42 heavy (non-hydrogen) atoms. The fourth-order valence-corrected chi connectivity index (χ4v) is 6.48. The van der Waals surface area contributed by atoms with Crippen molar-refractivity contribution in [2.75, 3.05) is 20.8 Å². The van der Waals surface area contributed by atoms with Crippen molar-refractivity contribution in [3.8, 4) is 28.5 Å². The number of phenols is 1. The van der Waals surface area contributed by atoms with E-state index in [0.29, 0.717) is 24.6 Å². The highest BCUT2D eigenvalue weighted by Gasteiger charge is 2.30. The van der Waals surface area contributed by atoms with Gasteiger partial charge in [0.05, 0.1) is 26.5 Å². The van der Waals surface area contributed by atoms with Crippen molar-refractivity contribution in [3.05, 3.63) is 77.4 Å². The maximum atomic E-state index is 13.6. The summed E-state index contributed by atoms with van der Waals surface area (Å²) >= 11 is 0. The van der Waals surface area contributed by atoms with Crippen molar-refractivity contribution in [2.24, 2.45) is 0 Å². The molecule has 0 unspecified atom stereocenters. The Morgan fingerprint density at radius 1 is 1.02 bits per heavy atom. The summed E-state index contributed by atoms with van der Waals surface area (Å²) in [5.41, 5.74) is 5.77. The van der Waals surface area contributed by atoms with E-state index < -0.39 is 12.0 Å². The number of rotatable bonds is 7. The molecule has 218 valence electrons.